The number of likely N-dealkylation sites (N-methyl/N-ethyl adjacent to an activating group) is 1. The van der Waals surface area contributed by atoms with Gasteiger partial charge in [0.25, 0.3) is 0 Å². The summed E-state index contributed by atoms with van der Waals surface area (Å²) in [4.78, 5) is 2.26. The Hall–Kier alpha value is -0.940. The fraction of sp³-hybridized carbons (Fsp3) is 0.897. The first-order valence-corrected chi connectivity index (χ1v) is 27.6. The average Bonchev–Trinajstić information content (AvgIpc) is 3.60. The molecule has 0 aromatic heterocycles. The quantitative estimate of drug-likeness (QED) is 0.0476. The Morgan fingerprint density at radius 3 is 1.92 bits per heavy atom. The molecule has 0 aromatic carbocycles. The molecule has 62 heavy (non-hydrogen) atoms. The summed E-state index contributed by atoms with van der Waals surface area (Å²) in [6, 6.07) is 0.336. The lowest BCUT2D eigenvalue weighted by atomic mass is 9.47. The van der Waals surface area contributed by atoms with Crippen molar-refractivity contribution in [1.29, 1.82) is 0 Å². The van der Waals surface area contributed by atoms with Crippen molar-refractivity contribution in [3.8, 4) is 0 Å². The highest BCUT2D eigenvalue weighted by Crippen LogP contribution is 2.67. The van der Waals surface area contributed by atoms with Crippen molar-refractivity contribution in [1.82, 2.24) is 4.90 Å². The molecular weight excluding hydrogens is 759 g/mol. The van der Waals surface area contributed by atoms with Crippen LogP contribution in [0, 0.1) is 40.4 Å². The summed E-state index contributed by atoms with van der Waals surface area (Å²) in [5.74, 6) is 4.66. The van der Waals surface area contributed by atoms with E-state index < -0.39 is 0 Å². The number of fused-ring (bicyclic) bond motifs is 5. The van der Waals surface area contributed by atoms with Gasteiger partial charge in [-0.2, -0.15) is 0 Å². The molecule has 3 fully saturated rings. The Kier molecular flexibility index (Phi) is 29.2. The van der Waals surface area contributed by atoms with Crippen LogP contribution in [-0.4, -0.2) is 64.2 Å². The van der Waals surface area contributed by atoms with Gasteiger partial charge in [-0.05, 0) is 164 Å². The molecule has 0 aromatic rings. The molecule has 4 heteroatoms. The van der Waals surface area contributed by atoms with Gasteiger partial charge in [0, 0.05) is 19.8 Å². The summed E-state index contributed by atoms with van der Waals surface area (Å²) in [6.07, 6.45) is 51.1. The third-order valence-corrected chi connectivity index (χ3v) is 16.5. The van der Waals surface area contributed by atoms with Crippen LogP contribution in [0.2, 0.25) is 0 Å². The van der Waals surface area contributed by atoms with Crippen LogP contribution in [0.25, 0.3) is 0 Å². The second kappa shape index (κ2) is 32.7. The monoisotopic (exact) mass is 866 g/mol. The van der Waals surface area contributed by atoms with E-state index in [1.807, 2.05) is 13.8 Å². The van der Waals surface area contributed by atoms with E-state index in [0.717, 1.165) is 75.5 Å². The van der Waals surface area contributed by atoms with Gasteiger partial charge in [0.05, 0.1) is 25.4 Å². The Bertz CT molecular complexity index is 1190. The molecule has 0 bridgehead atoms. The van der Waals surface area contributed by atoms with Crippen LogP contribution < -0.4 is 0 Å². The van der Waals surface area contributed by atoms with Gasteiger partial charge >= 0.3 is 0 Å². The van der Waals surface area contributed by atoms with Crippen molar-refractivity contribution in [2.75, 3.05) is 47.1 Å². The molecule has 4 aliphatic rings. The van der Waals surface area contributed by atoms with Crippen molar-refractivity contribution >= 4 is 0 Å². The molecule has 4 aliphatic carbocycles. The van der Waals surface area contributed by atoms with Gasteiger partial charge in [-0.25, -0.2) is 0 Å². The smallest absolute Gasteiger partial charge is 0.0644 e. The number of nitrogens with zero attached hydrogens (tertiary/aromatic N) is 1. The van der Waals surface area contributed by atoms with Crippen molar-refractivity contribution in [2.24, 2.45) is 40.4 Å². The first kappa shape index (κ1) is 55.4. The number of rotatable bonds is 34. The van der Waals surface area contributed by atoms with E-state index in [2.05, 4.69) is 84.0 Å². The number of unbranched alkanes of at least 4 members (excludes halogenated alkanes) is 14. The Morgan fingerprint density at radius 1 is 0.677 bits per heavy atom. The Morgan fingerprint density at radius 2 is 1.29 bits per heavy atom. The van der Waals surface area contributed by atoms with Gasteiger partial charge < -0.3 is 19.1 Å². The number of ether oxygens (including phenoxy) is 3. The number of allylic oxidation sites excluding steroid dienone is 5. The molecule has 0 spiro atoms. The van der Waals surface area contributed by atoms with E-state index in [0.29, 0.717) is 23.0 Å². The molecule has 8 atom stereocenters. The maximum atomic E-state index is 6.58. The molecule has 8 unspecified atom stereocenters. The fourth-order valence-electron chi connectivity index (χ4n) is 12.4. The summed E-state index contributed by atoms with van der Waals surface area (Å²) in [5.41, 5.74) is 2.83. The lowest BCUT2D eigenvalue weighted by molar-refractivity contribution is -0.0589. The highest BCUT2D eigenvalue weighted by Gasteiger charge is 2.58. The first-order chi connectivity index (χ1) is 30.2. The van der Waals surface area contributed by atoms with E-state index in [1.165, 1.54) is 173 Å². The minimum absolute atomic E-state index is 0.336. The summed E-state index contributed by atoms with van der Waals surface area (Å²) < 4.78 is 18.8. The van der Waals surface area contributed by atoms with Crippen LogP contribution in [0.4, 0.5) is 0 Å². The zero-order valence-corrected chi connectivity index (χ0v) is 43.1. The SMILES string of the molecule is CC.CCCCC/C=C\C/C=C\CCCCCCCCOCC(COCCCCCCCOC1CCC2(C)C(=CCC3C2CCC2(C)C(CCCCC(C)C)CCC32)C1)N(C)C. The molecular formula is C58H107NO3. The van der Waals surface area contributed by atoms with Gasteiger partial charge in [0.15, 0.2) is 0 Å². The van der Waals surface area contributed by atoms with E-state index >= 15 is 0 Å². The number of hydrogen-bond donors (Lipinski definition) is 0. The predicted octanol–water partition coefficient (Wildman–Crippen LogP) is 16.9. The second-order valence-corrected chi connectivity index (χ2v) is 21.6. The molecule has 0 heterocycles. The minimum atomic E-state index is 0.336. The third kappa shape index (κ3) is 19.5. The maximum Gasteiger partial charge on any atom is 0.0644 e. The first-order valence-electron chi connectivity index (χ1n) is 27.6. The molecule has 0 N–H and O–H groups in total. The molecule has 0 amide bonds. The maximum absolute atomic E-state index is 6.58. The molecule has 0 saturated heterocycles. The lowest BCUT2D eigenvalue weighted by Gasteiger charge is -2.58. The molecule has 4 nitrogen and oxygen atoms in total. The van der Waals surface area contributed by atoms with Gasteiger partial charge in [-0.3, -0.25) is 0 Å². The Balaban J connectivity index is 0.00000504. The normalized spacial score (nSPS) is 27.7. The Labute approximate surface area is 388 Å². The summed E-state index contributed by atoms with van der Waals surface area (Å²) in [5, 5.41) is 0. The number of hydrogen-bond acceptors (Lipinski definition) is 4. The molecule has 0 radical (unpaired) electrons. The zero-order chi connectivity index (χ0) is 44.9. The van der Waals surface area contributed by atoms with Crippen LogP contribution in [0.1, 0.15) is 235 Å². The fourth-order valence-corrected chi connectivity index (χ4v) is 12.4. The van der Waals surface area contributed by atoms with Crippen LogP contribution in [0.3, 0.4) is 0 Å². The van der Waals surface area contributed by atoms with E-state index in [1.54, 1.807) is 5.57 Å². The van der Waals surface area contributed by atoms with Crippen LogP contribution in [-0.2, 0) is 14.2 Å². The molecule has 362 valence electrons. The van der Waals surface area contributed by atoms with E-state index in [4.69, 9.17) is 14.2 Å². The average molecular weight is 866 g/mol. The minimum Gasteiger partial charge on any atom is -0.380 e. The van der Waals surface area contributed by atoms with E-state index in [-0.39, 0.29) is 0 Å². The molecule has 3 saturated carbocycles. The van der Waals surface area contributed by atoms with Crippen molar-refractivity contribution in [2.45, 2.75) is 247 Å². The predicted molar refractivity (Wildman–Crippen MR) is 271 cm³/mol. The van der Waals surface area contributed by atoms with E-state index in [9.17, 15) is 0 Å². The van der Waals surface area contributed by atoms with Gasteiger partial charge in [-0.1, -0.05) is 161 Å². The highest BCUT2D eigenvalue weighted by molar-refractivity contribution is 5.25. The summed E-state index contributed by atoms with van der Waals surface area (Å²) in [7, 11) is 4.30. The molecule has 0 aliphatic heterocycles. The van der Waals surface area contributed by atoms with Crippen LogP contribution in [0.15, 0.2) is 36.0 Å². The van der Waals surface area contributed by atoms with Gasteiger partial charge in [-0.15, -0.1) is 0 Å². The van der Waals surface area contributed by atoms with Crippen molar-refractivity contribution < 1.29 is 14.2 Å². The van der Waals surface area contributed by atoms with Crippen molar-refractivity contribution in [3.05, 3.63) is 36.0 Å². The standard InChI is InChI=1S/C56H101NO3.C2H6/c1-8-9-10-11-12-13-14-15-16-17-18-19-20-21-23-28-41-58-45-50(57(6)7)46-59-42-29-24-22-25-30-43-60-51-37-39-56(5)49(44-51)33-35-52-53-36-34-48(32-27-26-31-47(2)3)55(53,4)40-38-54(52)56;1-2/h12-13,15-16,33,47-48,50-54H,8-11,14,17-32,34-46H2,1-7H3;1-2H3/b13-12-,16-15-;. The lowest BCUT2D eigenvalue weighted by Crippen LogP contribution is -2.50. The zero-order valence-electron chi connectivity index (χ0n) is 43.1. The van der Waals surface area contributed by atoms with Gasteiger partial charge in [0.1, 0.15) is 0 Å². The van der Waals surface area contributed by atoms with Gasteiger partial charge in [0.2, 0.25) is 0 Å². The largest absolute Gasteiger partial charge is 0.380 e. The summed E-state index contributed by atoms with van der Waals surface area (Å²) in [6.45, 7) is 20.7. The van der Waals surface area contributed by atoms with Crippen LogP contribution in [0.5, 0.6) is 0 Å². The molecule has 4 rings (SSSR count). The third-order valence-electron chi connectivity index (χ3n) is 16.5. The second-order valence-electron chi connectivity index (χ2n) is 21.6. The van der Waals surface area contributed by atoms with Crippen LogP contribution >= 0.6 is 0 Å². The van der Waals surface area contributed by atoms with Crippen molar-refractivity contribution in [3.63, 3.8) is 0 Å². The summed E-state index contributed by atoms with van der Waals surface area (Å²) >= 11 is 0. The highest BCUT2D eigenvalue weighted by atomic mass is 16.5. The topological polar surface area (TPSA) is 30.9 Å².